The van der Waals surface area contributed by atoms with Crippen LogP contribution >= 0.6 is 11.6 Å². The summed E-state index contributed by atoms with van der Waals surface area (Å²) in [5, 5.41) is 0.504. The van der Waals surface area contributed by atoms with Crippen LogP contribution in [0.2, 0.25) is 5.02 Å². The molecular formula is C24H27ClN2O3. The third-order valence-electron chi connectivity index (χ3n) is 6.15. The highest BCUT2D eigenvalue weighted by molar-refractivity contribution is 6.31. The largest absolute Gasteiger partial charge is 0.496 e. The van der Waals surface area contributed by atoms with Gasteiger partial charge in [-0.05, 0) is 61.9 Å². The molecule has 6 heteroatoms. The lowest BCUT2D eigenvalue weighted by Gasteiger charge is -2.34. The van der Waals surface area contributed by atoms with E-state index in [4.69, 9.17) is 16.3 Å². The molecule has 2 heterocycles. The van der Waals surface area contributed by atoms with Gasteiger partial charge < -0.3 is 14.5 Å². The molecule has 0 radical (unpaired) electrons. The van der Waals surface area contributed by atoms with Crippen molar-refractivity contribution in [2.24, 2.45) is 5.92 Å². The number of para-hydroxylation sites is 1. The van der Waals surface area contributed by atoms with E-state index < -0.39 is 0 Å². The second kappa shape index (κ2) is 9.09. The van der Waals surface area contributed by atoms with Gasteiger partial charge in [-0.15, -0.1) is 0 Å². The van der Waals surface area contributed by atoms with Crippen molar-refractivity contribution in [2.75, 3.05) is 31.6 Å². The summed E-state index contributed by atoms with van der Waals surface area (Å²) in [7, 11) is 1.55. The summed E-state index contributed by atoms with van der Waals surface area (Å²) in [5.74, 6) is 0.558. The van der Waals surface area contributed by atoms with Crippen LogP contribution < -0.4 is 9.64 Å². The van der Waals surface area contributed by atoms with E-state index in [-0.39, 0.29) is 17.7 Å². The fourth-order valence-electron chi connectivity index (χ4n) is 4.49. The number of hydrogen-bond acceptors (Lipinski definition) is 3. The SMILES string of the molecule is COc1ccc(Cl)cc1C(=O)N1CCC(C(=O)N2CCCCc3ccccc32)CC1. The lowest BCUT2D eigenvalue weighted by molar-refractivity contribution is -0.123. The van der Waals surface area contributed by atoms with Crippen molar-refractivity contribution in [3.05, 3.63) is 58.6 Å². The zero-order chi connectivity index (χ0) is 21.1. The van der Waals surface area contributed by atoms with Crippen LogP contribution in [0, 0.1) is 5.92 Å². The van der Waals surface area contributed by atoms with Crippen LogP contribution in [0.1, 0.15) is 41.6 Å². The van der Waals surface area contributed by atoms with Crippen molar-refractivity contribution < 1.29 is 14.3 Å². The number of carbonyl (C=O) groups is 2. The molecule has 1 saturated heterocycles. The van der Waals surface area contributed by atoms with Gasteiger partial charge >= 0.3 is 0 Å². The van der Waals surface area contributed by atoms with Crippen LogP contribution in [0.5, 0.6) is 5.75 Å². The summed E-state index contributed by atoms with van der Waals surface area (Å²) >= 11 is 6.09. The van der Waals surface area contributed by atoms with Crippen LogP contribution in [0.4, 0.5) is 5.69 Å². The number of piperidine rings is 1. The average molecular weight is 427 g/mol. The Morgan fingerprint density at radius 2 is 1.80 bits per heavy atom. The fourth-order valence-corrected chi connectivity index (χ4v) is 4.66. The molecule has 2 aromatic carbocycles. The Kier molecular flexibility index (Phi) is 6.28. The first-order chi connectivity index (χ1) is 14.6. The van der Waals surface area contributed by atoms with Gasteiger partial charge in [-0.2, -0.15) is 0 Å². The molecule has 1 fully saturated rings. The number of anilines is 1. The predicted octanol–water partition coefficient (Wildman–Crippen LogP) is 4.57. The molecular weight excluding hydrogens is 400 g/mol. The average Bonchev–Trinajstić information content (AvgIpc) is 3.01. The molecule has 2 aliphatic rings. The number of likely N-dealkylation sites (tertiary alicyclic amines) is 1. The number of halogens is 1. The Bertz CT molecular complexity index is 938. The van der Waals surface area contributed by atoms with Crippen molar-refractivity contribution in [3.8, 4) is 5.75 Å². The van der Waals surface area contributed by atoms with E-state index in [1.54, 1.807) is 30.2 Å². The van der Waals surface area contributed by atoms with E-state index in [9.17, 15) is 9.59 Å². The molecule has 0 bridgehead atoms. The summed E-state index contributed by atoms with van der Waals surface area (Å²) in [6, 6.07) is 13.3. The lowest BCUT2D eigenvalue weighted by Crippen LogP contribution is -2.45. The zero-order valence-electron chi connectivity index (χ0n) is 17.3. The van der Waals surface area contributed by atoms with Gasteiger partial charge in [0.2, 0.25) is 5.91 Å². The lowest BCUT2D eigenvalue weighted by atomic mass is 9.94. The molecule has 0 atom stereocenters. The first-order valence-electron chi connectivity index (χ1n) is 10.6. The molecule has 0 aromatic heterocycles. The van der Waals surface area contributed by atoms with E-state index in [2.05, 4.69) is 12.1 Å². The highest BCUT2D eigenvalue weighted by Crippen LogP contribution is 2.31. The quantitative estimate of drug-likeness (QED) is 0.722. The minimum absolute atomic E-state index is 0.0542. The molecule has 0 unspecified atom stereocenters. The molecule has 2 amide bonds. The van der Waals surface area contributed by atoms with Gasteiger partial charge in [0, 0.05) is 36.3 Å². The van der Waals surface area contributed by atoms with E-state index in [0.717, 1.165) is 31.5 Å². The molecule has 5 nitrogen and oxygen atoms in total. The van der Waals surface area contributed by atoms with Crippen molar-refractivity contribution in [2.45, 2.75) is 32.1 Å². The smallest absolute Gasteiger partial charge is 0.257 e. The van der Waals surface area contributed by atoms with E-state index in [1.165, 1.54) is 5.56 Å². The summed E-state index contributed by atoms with van der Waals surface area (Å²) < 4.78 is 5.33. The Morgan fingerprint density at radius 3 is 2.57 bits per heavy atom. The third-order valence-corrected chi connectivity index (χ3v) is 6.38. The number of aryl methyl sites for hydroxylation is 1. The first-order valence-corrected chi connectivity index (χ1v) is 11.0. The minimum atomic E-state index is -0.0969. The molecule has 30 heavy (non-hydrogen) atoms. The molecule has 0 saturated carbocycles. The summed E-state index contributed by atoms with van der Waals surface area (Å²) in [4.78, 5) is 30.1. The van der Waals surface area contributed by atoms with Gasteiger partial charge in [-0.3, -0.25) is 9.59 Å². The van der Waals surface area contributed by atoms with Crippen LogP contribution in [0.3, 0.4) is 0 Å². The van der Waals surface area contributed by atoms with Crippen molar-refractivity contribution >= 4 is 29.1 Å². The topological polar surface area (TPSA) is 49.9 Å². The molecule has 2 aliphatic heterocycles. The fraction of sp³-hybridized carbons (Fsp3) is 0.417. The number of rotatable bonds is 3. The van der Waals surface area contributed by atoms with Crippen molar-refractivity contribution in [3.63, 3.8) is 0 Å². The predicted molar refractivity (Wildman–Crippen MR) is 118 cm³/mol. The molecule has 0 aliphatic carbocycles. The third kappa shape index (κ3) is 4.17. The molecule has 158 valence electrons. The van der Waals surface area contributed by atoms with Crippen molar-refractivity contribution in [1.29, 1.82) is 0 Å². The van der Waals surface area contributed by atoms with Gasteiger partial charge in [0.1, 0.15) is 5.75 Å². The number of methoxy groups -OCH3 is 1. The Balaban J connectivity index is 1.44. The monoisotopic (exact) mass is 426 g/mol. The molecule has 4 rings (SSSR count). The number of hydrogen-bond donors (Lipinski definition) is 0. The zero-order valence-corrected chi connectivity index (χ0v) is 18.0. The summed E-state index contributed by atoms with van der Waals surface area (Å²) in [6.45, 7) is 1.88. The van der Waals surface area contributed by atoms with Crippen LogP contribution in [0.15, 0.2) is 42.5 Å². The number of ether oxygens (including phenoxy) is 1. The maximum Gasteiger partial charge on any atom is 0.257 e. The molecule has 0 spiro atoms. The normalized spacial score (nSPS) is 17.3. The number of carbonyl (C=O) groups excluding carboxylic acids is 2. The molecule has 0 N–H and O–H groups in total. The van der Waals surface area contributed by atoms with Gasteiger partial charge in [0.05, 0.1) is 12.7 Å². The van der Waals surface area contributed by atoms with E-state index >= 15 is 0 Å². The minimum Gasteiger partial charge on any atom is -0.496 e. The second-order valence-corrected chi connectivity index (χ2v) is 8.42. The van der Waals surface area contributed by atoms with Gasteiger partial charge in [0.15, 0.2) is 0 Å². The maximum absolute atomic E-state index is 13.3. The van der Waals surface area contributed by atoms with E-state index in [1.807, 2.05) is 17.0 Å². The highest BCUT2D eigenvalue weighted by atomic mass is 35.5. The summed E-state index contributed by atoms with van der Waals surface area (Å²) in [5.41, 5.74) is 2.78. The Hall–Kier alpha value is -2.53. The number of benzene rings is 2. The van der Waals surface area contributed by atoms with Gasteiger partial charge in [-0.1, -0.05) is 29.8 Å². The molecule has 2 aromatic rings. The van der Waals surface area contributed by atoms with Crippen LogP contribution in [0.25, 0.3) is 0 Å². The van der Waals surface area contributed by atoms with Gasteiger partial charge in [-0.25, -0.2) is 0 Å². The Labute approximate surface area is 182 Å². The van der Waals surface area contributed by atoms with Crippen LogP contribution in [-0.4, -0.2) is 43.5 Å². The van der Waals surface area contributed by atoms with Crippen molar-refractivity contribution in [1.82, 2.24) is 4.90 Å². The number of nitrogens with zero attached hydrogens (tertiary/aromatic N) is 2. The number of amides is 2. The second-order valence-electron chi connectivity index (χ2n) is 7.99. The maximum atomic E-state index is 13.3. The highest BCUT2D eigenvalue weighted by Gasteiger charge is 2.32. The summed E-state index contributed by atoms with van der Waals surface area (Å²) in [6.07, 6.45) is 4.49. The Morgan fingerprint density at radius 1 is 1.03 bits per heavy atom. The standard InChI is InChI=1S/C24H27ClN2O3/c1-30-22-10-9-19(25)16-20(22)24(29)26-14-11-18(12-15-26)23(28)27-13-5-4-7-17-6-2-3-8-21(17)27/h2-3,6,8-10,16,18H,4-5,7,11-15H2,1H3. The van der Waals surface area contributed by atoms with Gasteiger partial charge in [0.25, 0.3) is 5.91 Å². The number of fused-ring (bicyclic) bond motifs is 1. The van der Waals surface area contributed by atoms with E-state index in [0.29, 0.717) is 42.3 Å². The first kappa shape index (κ1) is 20.7. The van der Waals surface area contributed by atoms with Crippen LogP contribution in [-0.2, 0) is 11.2 Å².